The van der Waals surface area contributed by atoms with Gasteiger partial charge in [0.1, 0.15) is 5.65 Å². The maximum Gasteiger partial charge on any atom is 0.136 e. The number of rotatable bonds is 2. The first-order chi connectivity index (χ1) is 38.0. The van der Waals surface area contributed by atoms with Crippen LogP contribution >= 0.6 is 0 Å². The fraction of sp³-hybridized carbons (Fsp3) is 0.0625. The van der Waals surface area contributed by atoms with Crippen LogP contribution in [0.1, 0.15) is 40.0 Å². The molecule has 0 radical (unpaired) electrons. The van der Waals surface area contributed by atoms with Gasteiger partial charge in [-0.05, 0) is 103 Å². The average Bonchev–Trinajstić information content (AvgIpc) is 4.23. The van der Waals surface area contributed by atoms with Crippen LogP contribution in [0.5, 0.6) is 0 Å². The Morgan fingerprint density at radius 2 is 1.30 bits per heavy atom. The van der Waals surface area contributed by atoms with Gasteiger partial charge < -0.3 is 18.0 Å². The first-order valence-corrected chi connectivity index (χ1v) is 22.7. The number of benzene rings is 9. The Bertz CT molecular complexity index is 4880. The summed E-state index contributed by atoms with van der Waals surface area (Å²) < 4.78 is 103. The summed E-state index contributed by atoms with van der Waals surface area (Å²) in [6.07, 6.45) is 2.07. The summed E-state index contributed by atoms with van der Waals surface area (Å²) in [6.45, 7) is 6.69. The van der Waals surface area contributed by atoms with Crippen LogP contribution in [0.25, 0.3) is 116 Å². The normalized spacial score (nSPS) is 13.8. The third kappa shape index (κ3) is 7.37. The van der Waals surface area contributed by atoms with Gasteiger partial charge in [0.05, 0.1) is 16.5 Å². The molecule has 0 fully saturated rings. The van der Waals surface area contributed by atoms with Crippen LogP contribution in [0.3, 0.4) is 0 Å². The molecule has 4 heterocycles. The van der Waals surface area contributed by atoms with Crippen molar-refractivity contribution in [2.24, 2.45) is 0 Å². The number of nitrogens with zero attached hydrogens (tertiary/aromatic N) is 4. The van der Waals surface area contributed by atoms with Crippen molar-refractivity contribution in [2.75, 3.05) is 0 Å². The fourth-order valence-corrected chi connectivity index (χ4v) is 9.49. The molecule has 12 aromatic rings. The second-order valence-electron chi connectivity index (χ2n) is 18.1. The summed E-state index contributed by atoms with van der Waals surface area (Å²) in [5.41, 5.74) is 6.41. The second kappa shape index (κ2) is 17.1. The van der Waals surface area contributed by atoms with Crippen molar-refractivity contribution in [1.82, 2.24) is 18.5 Å². The molecule has 0 N–H and O–H groups in total. The number of para-hydroxylation sites is 2. The van der Waals surface area contributed by atoms with E-state index < -0.39 is 66.0 Å². The van der Waals surface area contributed by atoms with Crippen molar-refractivity contribution in [3.05, 3.63) is 236 Å². The van der Waals surface area contributed by atoms with Crippen LogP contribution in [0.15, 0.2) is 223 Å². The van der Waals surface area contributed by atoms with Crippen molar-refractivity contribution < 1.29 is 39.2 Å². The zero-order chi connectivity index (χ0) is 54.9. The van der Waals surface area contributed by atoms with Crippen LogP contribution in [-0.4, -0.2) is 18.5 Å². The summed E-state index contributed by atoms with van der Waals surface area (Å²) in [6, 6.07) is 51.7. The van der Waals surface area contributed by atoms with Gasteiger partial charge in [0.25, 0.3) is 0 Å². The van der Waals surface area contributed by atoms with Gasteiger partial charge in [-0.25, -0.2) is 4.98 Å². The van der Waals surface area contributed by atoms with Crippen LogP contribution in [0, 0.1) is 12.1 Å². The Kier molecular flexibility index (Phi) is 8.18. The second-order valence-corrected chi connectivity index (χ2v) is 18.1. The standard InChI is InChI=1S/C64H45N4O.Pt/c1-64(2,3)47-37-54(43-19-8-5-9-20-43)63-56(38-47)52-26-11-10-25-51(52)45-21-14-22-46(35-45)57-27-16-30-62(65-57)68-58-34-31-44(42-17-6-4-7-18-42)36-55(58)53-33-32-50(40-61(53)68)69-49-24-15-23-48(39-49)66-41-67(63)60-29-13-12-28-59(60)66;/h4-38,41H,1-3H3;/q-3;/i4D,6D,7D,17D,18D,31D,32D,33D,34D,36D;. The third-order valence-electron chi connectivity index (χ3n) is 12.8. The van der Waals surface area contributed by atoms with Gasteiger partial charge in [-0.3, -0.25) is 0 Å². The van der Waals surface area contributed by atoms with E-state index in [1.807, 2.05) is 59.2 Å². The molecule has 0 aliphatic carbocycles. The summed E-state index contributed by atoms with van der Waals surface area (Å²) >= 11 is 0. The van der Waals surface area contributed by atoms with Crippen LogP contribution < -0.4 is 0 Å². The molecular formula is C64H45N4OPt-3. The van der Waals surface area contributed by atoms with E-state index in [-0.39, 0.29) is 70.7 Å². The predicted octanol–water partition coefficient (Wildman–Crippen LogP) is 16.8. The quantitative estimate of drug-likeness (QED) is 0.162. The minimum Gasteiger partial charge on any atom is -0.510 e. The van der Waals surface area contributed by atoms with E-state index in [0.29, 0.717) is 11.0 Å². The first kappa shape index (κ1) is 33.4. The molecule has 10 bridgehead atoms. The molecule has 0 spiro atoms. The molecule has 5 nitrogen and oxygen atoms in total. The van der Waals surface area contributed by atoms with E-state index in [1.165, 1.54) is 4.40 Å². The molecule has 6 heteroatoms. The fourth-order valence-electron chi connectivity index (χ4n) is 9.49. The topological polar surface area (TPSA) is 40.3 Å². The molecule has 0 saturated heterocycles. The zero-order valence-corrected chi connectivity index (χ0v) is 40.3. The summed E-state index contributed by atoms with van der Waals surface area (Å²) in [4.78, 5) is 5.22. The predicted molar refractivity (Wildman–Crippen MR) is 287 cm³/mol. The summed E-state index contributed by atoms with van der Waals surface area (Å²) in [7, 11) is 0. The largest absolute Gasteiger partial charge is 0.510 e. The van der Waals surface area contributed by atoms with Crippen molar-refractivity contribution in [2.45, 2.75) is 26.2 Å². The maximum atomic E-state index is 9.80. The molecule has 1 aliphatic rings. The van der Waals surface area contributed by atoms with E-state index in [9.17, 15) is 6.85 Å². The molecule has 0 atom stereocenters. The van der Waals surface area contributed by atoms with E-state index in [1.54, 1.807) is 18.2 Å². The molecular weight excluding hydrogens is 1040 g/mol. The van der Waals surface area contributed by atoms with Crippen molar-refractivity contribution >= 4 is 82.1 Å². The Hall–Kier alpha value is -8.11. The van der Waals surface area contributed by atoms with Gasteiger partial charge >= 0.3 is 0 Å². The number of pyridine rings is 1. The number of hydrogen-bond donors (Lipinski definition) is 0. The smallest absolute Gasteiger partial charge is 0.136 e. The number of imidazole rings is 1. The molecule has 13 rings (SSSR count). The van der Waals surface area contributed by atoms with E-state index in [2.05, 4.69) is 123 Å². The average molecular weight is 1090 g/mol. The summed E-state index contributed by atoms with van der Waals surface area (Å²) in [5, 5.41) is 4.56. The molecule has 1 aliphatic heterocycles. The number of hydrogen-bond acceptors (Lipinski definition) is 2. The van der Waals surface area contributed by atoms with Crippen molar-refractivity contribution in [3.63, 3.8) is 0 Å². The van der Waals surface area contributed by atoms with Gasteiger partial charge in [-0.2, -0.15) is 24.2 Å². The van der Waals surface area contributed by atoms with Gasteiger partial charge in [-0.15, -0.1) is 29.1 Å². The third-order valence-corrected chi connectivity index (χ3v) is 12.8. The summed E-state index contributed by atoms with van der Waals surface area (Å²) in [5.74, 6) is 0. The van der Waals surface area contributed by atoms with Crippen molar-refractivity contribution in [3.8, 4) is 33.6 Å². The molecule has 0 saturated carbocycles. The molecule has 70 heavy (non-hydrogen) atoms. The monoisotopic (exact) mass is 1090 g/mol. The molecule has 0 unspecified atom stereocenters. The zero-order valence-electron chi connectivity index (χ0n) is 48.0. The Morgan fingerprint density at radius 3 is 2.13 bits per heavy atom. The first-order valence-electron chi connectivity index (χ1n) is 27.7. The molecule has 9 aromatic carbocycles. The van der Waals surface area contributed by atoms with Gasteiger partial charge in [0.15, 0.2) is 0 Å². The Morgan fingerprint density at radius 1 is 0.557 bits per heavy atom. The van der Waals surface area contributed by atoms with Crippen LogP contribution in [0.2, 0.25) is 0 Å². The van der Waals surface area contributed by atoms with E-state index >= 15 is 0 Å². The molecule has 0 amide bonds. The Labute approximate surface area is 433 Å². The molecule has 3 aromatic heterocycles. The number of aromatic nitrogens is 4. The van der Waals surface area contributed by atoms with E-state index in [0.717, 1.165) is 60.5 Å². The van der Waals surface area contributed by atoms with Gasteiger partial charge in [0, 0.05) is 50.8 Å². The Balaban J connectivity index is 0.00000637. The van der Waals surface area contributed by atoms with Crippen molar-refractivity contribution in [1.29, 1.82) is 0 Å². The van der Waals surface area contributed by atoms with Crippen LogP contribution in [-0.2, 0) is 26.5 Å². The minimum atomic E-state index is -0.666. The SMILES string of the molecule is [2H]c1c([2H])c([2H])c(-c2c([2H])c([2H])c3c(c2[2H])c2c([2H])c([2H])c4[c-]c2n3c2cccc(n2)c2cccc(c2)c2ccccc2c2cc(C(C)(C)C)cc(-c3ccccc3)c2n2[cH-]n(c3[c-]c(ccc3)o4)-c3ccccc3-2)c([2H])c1[2H].[Pt]. The van der Waals surface area contributed by atoms with Gasteiger partial charge in [-0.1, -0.05) is 184 Å². The van der Waals surface area contributed by atoms with Gasteiger partial charge in [0.2, 0.25) is 0 Å². The van der Waals surface area contributed by atoms with E-state index in [4.69, 9.17) is 16.3 Å². The molecule has 340 valence electrons. The minimum absolute atomic E-state index is 0. The number of fused-ring (bicyclic) bond motifs is 23. The van der Waals surface area contributed by atoms with Crippen LogP contribution in [0.4, 0.5) is 0 Å². The maximum absolute atomic E-state index is 9.80.